The highest BCUT2D eigenvalue weighted by molar-refractivity contribution is 5.87. The third kappa shape index (κ3) is 4.40. The van der Waals surface area contributed by atoms with E-state index >= 15 is 0 Å². The number of ether oxygens (including phenoxy) is 3. The summed E-state index contributed by atoms with van der Waals surface area (Å²) < 4.78 is 24.2. The highest BCUT2D eigenvalue weighted by Crippen LogP contribution is 2.46. The summed E-state index contributed by atoms with van der Waals surface area (Å²) in [4.78, 5) is 15.9. The van der Waals surface area contributed by atoms with Gasteiger partial charge in [0.15, 0.2) is 0 Å². The molecule has 190 valence electrons. The number of rotatable bonds is 9. The number of methoxy groups -OCH3 is 2. The van der Waals surface area contributed by atoms with Gasteiger partial charge in [0.1, 0.15) is 29.4 Å². The van der Waals surface area contributed by atoms with Crippen molar-refractivity contribution in [1.82, 2.24) is 25.0 Å². The lowest BCUT2D eigenvalue weighted by Crippen LogP contribution is -2.15. The normalized spacial score (nSPS) is 11.2. The van der Waals surface area contributed by atoms with Gasteiger partial charge in [-0.15, -0.1) is 10.2 Å². The lowest BCUT2D eigenvalue weighted by Gasteiger charge is -2.18. The topological polar surface area (TPSA) is 138 Å². The standard InChI is InChI=1S/C26H25N5O6/c1-4-36-14-16-21(22-18(34-2)10-7-11-19(22)35-3)24(32)23(25(33)28-16)26-30-29-20(37-26)13-31-17-9-6-5-8-15(17)12-27-31/h5-12H,4,13-14H2,1-3H3,(H2,28,32,33). The molecule has 3 heterocycles. The quantitative estimate of drug-likeness (QED) is 0.308. The molecule has 5 rings (SSSR count). The van der Waals surface area contributed by atoms with Gasteiger partial charge >= 0.3 is 0 Å². The van der Waals surface area contributed by atoms with Gasteiger partial charge in [-0.05, 0) is 25.1 Å². The molecule has 2 aromatic carbocycles. The zero-order valence-corrected chi connectivity index (χ0v) is 20.5. The number of pyridine rings is 1. The van der Waals surface area contributed by atoms with Crippen LogP contribution in [0.1, 0.15) is 18.5 Å². The van der Waals surface area contributed by atoms with Crippen molar-refractivity contribution in [1.29, 1.82) is 0 Å². The van der Waals surface area contributed by atoms with Crippen LogP contribution in [0.15, 0.2) is 57.9 Å². The first-order valence-electron chi connectivity index (χ1n) is 11.6. The van der Waals surface area contributed by atoms with Crippen LogP contribution in [-0.2, 0) is 17.9 Å². The van der Waals surface area contributed by atoms with Crippen molar-refractivity contribution in [2.45, 2.75) is 20.1 Å². The second-order valence-electron chi connectivity index (χ2n) is 8.07. The fourth-order valence-electron chi connectivity index (χ4n) is 4.21. The van der Waals surface area contributed by atoms with E-state index in [0.717, 1.165) is 10.9 Å². The number of para-hydroxylation sites is 1. The van der Waals surface area contributed by atoms with E-state index in [9.17, 15) is 9.90 Å². The number of aromatic hydroxyl groups is 1. The Morgan fingerprint density at radius 2 is 1.76 bits per heavy atom. The smallest absolute Gasteiger partial charge is 0.264 e. The van der Waals surface area contributed by atoms with Crippen molar-refractivity contribution in [3.63, 3.8) is 0 Å². The zero-order chi connectivity index (χ0) is 25.9. The van der Waals surface area contributed by atoms with E-state index in [2.05, 4.69) is 20.3 Å². The maximum atomic E-state index is 13.1. The van der Waals surface area contributed by atoms with Gasteiger partial charge in [-0.3, -0.25) is 9.48 Å². The Hall–Kier alpha value is -4.64. The molecule has 2 N–H and O–H groups in total. The second-order valence-corrected chi connectivity index (χ2v) is 8.07. The molecule has 0 aliphatic carbocycles. The van der Waals surface area contributed by atoms with Crippen molar-refractivity contribution in [2.24, 2.45) is 0 Å². The van der Waals surface area contributed by atoms with Crippen LogP contribution in [0.25, 0.3) is 33.5 Å². The molecule has 0 aliphatic heterocycles. The average molecular weight is 504 g/mol. The van der Waals surface area contributed by atoms with Gasteiger partial charge in [-0.25, -0.2) is 0 Å². The molecule has 0 amide bonds. The van der Waals surface area contributed by atoms with Crippen LogP contribution >= 0.6 is 0 Å². The summed E-state index contributed by atoms with van der Waals surface area (Å²) in [7, 11) is 3.01. The van der Waals surface area contributed by atoms with E-state index in [1.54, 1.807) is 29.1 Å². The van der Waals surface area contributed by atoms with Gasteiger partial charge in [0, 0.05) is 12.0 Å². The first kappa shape index (κ1) is 24.1. The van der Waals surface area contributed by atoms with Gasteiger partial charge in [0.25, 0.3) is 11.4 Å². The van der Waals surface area contributed by atoms with Crippen LogP contribution in [0.4, 0.5) is 0 Å². The third-order valence-corrected chi connectivity index (χ3v) is 5.91. The number of hydrogen-bond acceptors (Lipinski definition) is 9. The number of aromatic nitrogens is 5. The van der Waals surface area contributed by atoms with Gasteiger partial charge < -0.3 is 28.7 Å². The van der Waals surface area contributed by atoms with Gasteiger partial charge in [0.2, 0.25) is 5.89 Å². The van der Waals surface area contributed by atoms with Crippen molar-refractivity contribution in [3.8, 4) is 39.8 Å². The molecule has 11 heteroatoms. The minimum atomic E-state index is -0.607. The Kier molecular flexibility index (Phi) is 6.60. The molecular weight excluding hydrogens is 478 g/mol. The van der Waals surface area contributed by atoms with E-state index in [4.69, 9.17) is 18.6 Å². The van der Waals surface area contributed by atoms with Crippen LogP contribution in [-0.4, -0.2) is 50.9 Å². The molecule has 0 saturated carbocycles. The van der Waals surface area contributed by atoms with Gasteiger partial charge in [-0.1, -0.05) is 24.3 Å². The van der Waals surface area contributed by atoms with Crippen molar-refractivity contribution in [2.75, 3.05) is 20.8 Å². The number of hydrogen-bond donors (Lipinski definition) is 2. The van der Waals surface area contributed by atoms with Crippen LogP contribution in [0.3, 0.4) is 0 Å². The summed E-state index contributed by atoms with van der Waals surface area (Å²) in [6, 6.07) is 12.9. The summed E-state index contributed by atoms with van der Waals surface area (Å²) in [5.74, 6) is 0.589. The fraction of sp³-hybridized carbons (Fsp3) is 0.231. The summed E-state index contributed by atoms with van der Waals surface area (Å²) >= 11 is 0. The summed E-state index contributed by atoms with van der Waals surface area (Å²) in [5.41, 5.74) is 1.18. The van der Waals surface area contributed by atoms with E-state index in [-0.39, 0.29) is 41.8 Å². The van der Waals surface area contributed by atoms with Gasteiger partial charge in [0.05, 0.1) is 49.4 Å². The Morgan fingerprint density at radius 1 is 1.00 bits per heavy atom. The predicted octanol–water partition coefficient (Wildman–Crippen LogP) is 3.75. The first-order chi connectivity index (χ1) is 18.0. The Morgan fingerprint density at radius 3 is 2.49 bits per heavy atom. The Balaban J connectivity index is 1.63. The van der Waals surface area contributed by atoms with Crippen LogP contribution in [0.2, 0.25) is 0 Å². The highest BCUT2D eigenvalue weighted by atomic mass is 16.5. The molecule has 0 unspecified atom stereocenters. The minimum Gasteiger partial charge on any atom is -0.506 e. The molecule has 0 aliphatic rings. The monoisotopic (exact) mass is 503 g/mol. The van der Waals surface area contributed by atoms with E-state index < -0.39 is 5.56 Å². The number of H-pyrrole nitrogens is 1. The number of fused-ring (bicyclic) bond motifs is 1. The minimum absolute atomic E-state index is 0.0393. The number of benzene rings is 2. The molecule has 0 bridgehead atoms. The zero-order valence-electron chi connectivity index (χ0n) is 20.5. The Bertz CT molecular complexity index is 1600. The van der Waals surface area contributed by atoms with Crippen LogP contribution in [0.5, 0.6) is 17.2 Å². The SMILES string of the molecule is CCOCc1[nH]c(=O)c(-c2nnc(Cn3ncc4ccccc43)o2)c(O)c1-c1c(OC)cccc1OC. The molecule has 0 spiro atoms. The molecule has 0 atom stereocenters. The largest absolute Gasteiger partial charge is 0.506 e. The van der Waals surface area contributed by atoms with E-state index in [0.29, 0.717) is 29.4 Å². The lowest BCUT2D eigenvalue weighted by atomic mass is 9.98. The molecule has 37 heavy (non-hydrogen) atoms. The third-order valence-electron chi connectivity index (χ3n) is 5.91. The maximum absolute atomic E-state index is 13.1. The highest BCUT2D eigenvalue weighted by Gasteiger charge is 2.27. The molecule has 11 nitrogen and oxygen atoms in total. The molecule has 0 radical (unpaired) electrons. The van der Waals surface area contributed by atoms with Crippen LogP contribution in [0, 0.1) is 0 Å². The molecule has 0 fully saturated rings. The second kappa shape index (κ2) is 10.2. The molecule has 5 aromatic rings. The summed E-state index contributed by atoms with van der Waals surface area (Å²) in [6.07, 6.45) is 1.74. The molecule has 3 aromatic heterocycles. The fourth-order valence-corrected chi connectivity index (χ4v) is 4.21. The summed E-state index contributed by atoms with van der Waals surface area (Å²) in [6.45, 7) is 2.47. The summed E-state index contributed by atoms with van der Waals surface area (Å²) in [5, 5.41) is 24.9. The van der Waals surface area contributed by atoms with E-state index in [1.807, 2.05) is 31.2 Å². The first-order valence-corrected chi connectivity index (χ1v) is 11.6. The molecular formula is C26H25N5O6. The lowest BCUT2D eigenvalue weighted by molar-refractivity contribution is 0.131. The number of aromatic amines is 1. The predicted molar refractivity (Wildman–Crippen MR) is 135 cm³/mol. The van der Waals surface area contributed by atoms with Crippen molar-refractivity contribution >= 4 is 10.9 Å². The van der Waals surface area contributed by atoms with E-state index in [1.165, 1.54) is 14.2 Å². The van der Waals surface area contributed by atoms with Gasteiger partial charge in [-0.2, -0.15) is 5.10 Å². The molecule has 0 saturated heterocycles. The number of nitrogens with zero attached hydrogens (tertiary/aromatic N) is 4. The number of nitrogens with one attached hydrogen (secondary N) is 1. The van der Waals surface area contributed by atoms with Crippen molar-refractivity contribution < 1.29 is 23.7 Å². The average Bonchev–Trinajstić information content (AvgIpc) is 3.54. The maximum Gasteiger partial charge on any atom is 0.264 e. The Labute approximate surface area is 211 Å². The van der Waals surface area contributed by atoms with Crippen LogP contribution < -0.4 is 15.0 Å². The van der Waals surface area contributed by atoms with Crippen molar-refractivity contribution in [3.05, 3.63) is 70.6 Å².